The molecule has 1 heterocycles. The Labute approximate surface area is 111 Å². The topological polar surface area (TPSA) is 15.3 Å². The number of nitrogens with zero attached hydrogens (tertiary/aromatic N) is 1. The lowest BCUT2D eigenvalue weighted by atomic mass is 10.1. The van der Waals surface area contributed by atoms with Crippen molar-refractivity contribution in [2.24, 2.45) is 0 Å². The van der Waals surface area contributed by atoms with E-state index >= 15 is 0 Å². The van der Waals surface area contributed by atoms with E-state index in [0.717, 1.165) is 12.6 Å². The number of hydrogen-bond donors (Lipinski definition) is 1. The lowest BCUT2D eigenvalue weighted by Gasteiger charge is -2.19. The quantitative estimate of drug-likeness (QED) is 0.830. The van der Waals surface area contributed by atoms with E-state index < -0.39 is 0 Å². The molecule has 1 atom stereocenters. The summed E-state index contributed by atoms with van der Waals surface area (Å²) in [5.41, 5.74) is 2.86. The molecule has 0 radical (unpaired) electrons. The maximum atomic E-state index is 3.57. The van der Waals surface area contributed by atoms with Crippen LogP contribution in [0.5, 0.6) is 0 Å². The molecule has 0 amide bonds. The summed E-state index contributed by atoms with van der Waals surface area (Å²) in [6.45, 7) is 5.70. The van der Waals surface area contributed by atoms with Gasteiger partial charge in [-0.25, -0.2) is 0 Å². The van der Waals surface area contributed by atoms with Gasteiger partial charge in [-0.2, -0.15) is 0 Å². The molecule has 100 valence electrons. The molecule has 1 unspecified atom stereocenters. The van der Waals surface area contributed by atoms with E-state index in [1.165, 1.54) is 49.9 Å². The van der Waals surface area contributed by atoms with Crippen LogP contribution in [0.2, 0.25) is 0 Å². The highest BCUT2D eigenvalue weighted by atomic mass is 15.1. The lowest BCUT2D eigenvalue weighted by Crippen LogP contribution is -2.24. The molecule has 0 spiro atoms. The highest BCUT2D eigenvalue weighted by Crippen LogP contribution is 2.13. The molecular weight excluding hydrogens is 220 g/mol. The summed E-state index contributed by atoms with van der Waals surface area (Å²) < 4.78 is 0. The van der Waals surface area contributed by atoms with Gasteiger partial charge in [0.15, 0.2) is 0 Å². The Hall–Kier alpha value is -0.860. The summed E-state index contributed by atoms with van der Waals surface area (Å²) >= 11 is 0. The van der Waals surface area contributed by atoms with E-state index in [1.54, 1.807) is 0 Å². The molecule has 0 aliphatic carbocycles. The van der Waals surface area contributed by atoms with Crippen molar-refractivity contribution in [3.05, 3.63) is 35.4 Å². The second-order valence-electron chi connectivity index (χ2n) is 5.60. The van der Waals surface area contributed by atoms with Crippen molar-refractivity contribution in [2.75, 3.05) is 20.1 Å². The van der Waals surface area contributed by atoms with Crippen LogP contribution in [0.4, 0.5) is 0 Å². The van der Waals surface area contributed by atoms with E-state index in [9.17, 15) is 0 Å². The average molecular weight is 246 g/mol. The predicted molar refractivity (Wildman–Crippen MR) is 77.8 cm³/mol. The van der Waals surface area contributed by atoms with Crippen LogP contribution in [0.15, 0.2) is 24.3 Å². The molecule has 1 aromatic rings. The van der Waals surface area contributed by atoms with Crippen LogP contribution in [0, 0.1) is 6.92 Å². The molecule has 0 saturated carbocycles. The van der Waals surface area contributed by atoms with Gasteiger partial charge < -0.3 is 10.2 Å². The Morgan fingerprint density at radius 3 is 2.89 bits per heavy atom. The van der Waals surface area contributed by atoms with Gasteiger partial charge in [-0.1, -0.05) is 24.3 Å². The smallest absolute Gasteiger partial charge is 0.0233 e. The molecule has 0 aromatic heterocycles. The van der Waals surface area contributed by atoms with Crippen molar-refractivity contribution < 1.29 is 0 Å². The van der Waals surface area contributed by atoms with Crippen LogP contribution in [0.3, 0.4) is 0 Å². The number of aryl methyl sites for hydroxylation is 1. The Kier molecular flexibility index (Phi) is 5.21. The van der Waals surface area contributed by atoms with Crippen molar-refractivity contribution in [1.29, 1.82) is 0 Å². The zero-order valence-electron chi connectivity index (χ0n) is 11.8. The molecule has 1 N–H and O–H groups in total. The zero-order valence-corrected chi connectivity index (χ0v) is 11.8. The molecular formula is C16H26N2. The summed E-state index contributed by atoms with van der Waals surface area (Å²) in [6.07, 6.45) is 5.38. The summed E-state index contributed by atoms with van der Waals surface area (Å²) in [7, 11) is 2.23. The van der Waals surface area contributed by atoms with Crippen LogP contribution in [0.1, 0.15) is 36.8 Å². The minimum Gasteiger partial charge on any atom is -0.314 e. The molecule has 1 aromatic carbocycles. The van der Waals surface area contributed by atoms with Gasteiger partial charge in [0.25, 0.3) is 0 Å². The molecule has 0 bridgehead atoms. The molecule has 1 aliphatic rings. The van der Waals surface area contributed by atoms with Gasteiger partial charge in [-0.05, 0) is 63.9 Å². The van der Waals surface area contributed by atoms with Gasteiger partial charge in [0.05, 0.1) is 0 Å². The Morgan fingerprint density at radius 1 is 1.33 bits per heavy atom. The predicted octanol–water partition coefficient (Wildman–Crippen LogP) is 2.96. The molecule has 2 rings (SSSR count). The van der Waals surface area contributed by atoms with Gasteiger partial charge in [0, 0.05) is 12.6 Å². The highest BCUT2D eigenvalue weighted by molar-refractivity contribution is 5.25. The largest absolute Gasteiger partial charge is 0.314 e. The fourth-order valence-electron chi connectivity index (χ4n) is 2.77. The Balaban J connectivity index is 1.68. The monoisotopic (exact) mass is 246 g/mol. The van der Waals surface area contributed by atoms with Crippen LogP contribution >= 0.6 is 0 Å². The van der Waals surface area contributed by atoms with E-state index in [2.05, 4.69) is 48.5 Å². The molecule has 2 nitrogen and oxygen atoms in total. The Morgan fingerprint density at radius 2 is 2.17 bits per heavy atom. The van der Waals surface area contributed by atoms with Crippen molar-refractivity contribution in [1.82, 2.24) is 10.2 Å². The minimum atomic E-state index is 0.789. The van der Waals surface area contributed by atoms with E-state index in [4.69, 9.17) is 0 Å². The highest BCUT2D eigenvalue weighted by Gasteiger charge is 2.13. The summed E-state index contributed by atoms with van der Waals surface area (Å²) in [5.74, 6) is 0. The SMILES string of the molecule is Cc1ccccc1CN(C)CCCC1CCCN1. The third kappa shape index (κ3) is 4.11. The second-order valence-corrected chi connectivity index (χ2v) is 5.60. The molecule has 1 aliphatic heterocycles. The van der Waals surface area contributed by atoms with Gasteiger partial charge in [0.2, 0.25) is 0 Å². The van der Waals surface area contributed by atoms with E-state index in [1.807, 2.05) is 0 Å². The Bertz CT molecular complexity index is 356. The maximum Gasteiger partial charge on any atom is 0.0233 e. The van der Waals surface area contributed by atoms with Crippen LogP contribution < -0.4 is 5.32 Å². The van der Waals surface area contributed by atoms with Crippen molar-refractivity contribution in [3.8, 4) is 0 Å². The first kappa shape index (κ1) is 13.6. The summed E-state index contributed by atoms with van der Waals surface area (Å²) in [4.78, 5) is 2.44. The average Bonchev–Trinajstić information content (AvgIpc) is 2.85. The third-order valence-corrected chi connectivity index (χ3v) is 3.96. The number of benzene rings is 1. The summed E-state index contributed by atoms with van der Waals surface area (Å²) in [5, 5.41) is 3.57. The van der Waals surface area contributed by atoms with Crippen molar-refractivity contribution in [2.45, 2.75) is 45.2 Å². The molecule has 18 heavy (non-hydrogen) atoms. The number of rotatable bonds is 6. The first-order chi connectivity index (χ1) is 8.75. The zero-order chi connectivity index (χ0) is 12.8. The standard InChI is InChI=1S/C16H26N2/c1-14-7-3-4-8-15(14)13-18(2)12-6-10-16-9-5-11-17-16/h3-4,7-8,16-17H,5-6,9-13H2,1-2H3. The number of hydrogen-bond acceptors (Lipinski definition) is 2. The first-order valence-corrected chi connectivity index (χ1v) is 7.22. The van der Waals surface area contributed by atoms with Crippen LogP contribution in [-0.4, -0.2) is 31.1 Å². The third-order valence-electron chi connectivity index (χ3n) is 3.96. The van der Waals surface area contributed by atoms with Gasteiger partial charge >= 0.3 is 0 Å². The van der Waals surface area contributed by atoms with Crippen molar-refractivity contribution in [3.63, 3.8) is 0 Å². The lowest BCUT2D eigenvalue weighted by molar-refractivity contribution is 0.311. The normalized spacial score (nSPS) is 19.6. The van der Waals surface area contributed by atoms with Crippen LogP contribution in [-0.2, 0) is 6.54 Å². The van der Waals surface area contributed by atoms with E-state index in [0.29, 0.717) is 0 Å². The van der Waals surface area contributed by atoms with Gasteiger partial charge in [-0.3, -0.25) is 0 Å². The summed E-state index contributed by atoms with van der Waals surface area (Å²) in [6, 6.07) is 9.48. The second kappa shape index (κ2) is 6.91. The fraction of sp³-hybridized carbons (Fsp3) is 0.625. The molecule has 1 saturated heterocycles. The molecule has 1 fully saturated rings. The minimum absolute atomic E-state index is 0.789. The first-order valence-electron chi connectivity index (χ1n) is 7.22. The van der Waals surface area contributed by atoms with Gasteiger partial charge in [-0.15, -0.1) is 0 Å². The molecule has 2 heteroatoms. The van der Waals surface area contributed by atoms with Crippen LogP contribution in [0.25, 0.3) is 0 Å². The van der Waals surface area contributed by atoms with Gasteiger partial charge in [0.1, 0.15) is 0 Å². The number of nitrogens with one attached hydrogen (secondary N) is 1. The maximum absolute atomic E-state index is 3.57. The van der Waals surface area contributed by atoms with E-state index in [-0.39, 0.29) is 0 Å². The van der Waals surface area contributed by atoms with Crippen molar-refractivity contribution >= 4 is 0 Å². The fourth-order valence-corrected chi connectivity index (χ4v) is 2.77.